The molecule has 1 aromatic carbocycles. The predicted molar refractivity (Wildman–Crippen MR) is 79.0 cm³/mol. The van der Waals surface area contributed by atoms with E-state index in [0.29, 0.717) is 13.1 Å². The van der Waals surface area contributed by atoms with E-state index in [0.717, 1.165) is 17.4 Å². The van der Waals surface area contributed by atoms with Crippen LogP contribution in [0.4, 0.5) is 0 Å². The number of aliphatic hydroxyl groups is 2. The number of hydrogen-bond donors (Lipinski definition) is 3. The van der Waals surface area contributed by atoms with Gasteiger partial charge in [0.25, 0.3) is 0 Å². The van der Waals surface area contributed by atoms with Crippen molar-refractivity contribution >= 4 is 15.9 Å². The highest BCUT2D eigenvalue weighted by Crippen LogP contribution is 2.25. The van der Waals surface area contributed by atoms with E-state index in [1.807, 2.05) is 25.2 Å². The number of β-amino-alcohol motifs (C(OH)–C–C–N with tert-alkyl or cyclic N) is 2. The SMILES string of the molecule is CNC(CCN1CC(O)C(O)C1)c1ccccc1Br. The summed E-state index contributed by atoms with van der Waals surface area (Å²) in [6, 6.07) is 8.47. The topological polar surface area (TPSA) is 55.7 Å². The molecule has 1 aromatic rings. The molecule has 3 atom stereocenters. The van der Waals surface area contributed by atoms with Gasteiger partial charge in [-0.15, -0.1) is 0 Å². The van der Waals surface area contributed by atoms with Crippen LogP contribution in [0.15, 0.2) is 28.7 Å². The van der Waals surface area contributed by atoms with Gasteiger partial charge >= 0.3 is 0 Å². The molecule has 1 aliphatic heterocycles. The van der Waals surface area contributed by atoms with Gasteiger partial charge in [0.2, 0.25) is 0 Å². The summed E-state index contributed by atoms with van der Waals surface area (Å²) in [5, 5.41) is 22.4. The molecule has 2 rings (SSSR count). The third kappa shape index (κ3) is 3.77. The summed E-state index contributed by atoms with van der Waals surface area (Å²) < 4.78 is 1.11. The fourth-order valence-corrected chi connectivity index (χ4v) is 3.12. The van der Waals surface area contributed by atoms with E-state index in [9.17, 15) is 10.2 Å². The van der Waals surface area contributed by atoms with Crippen LogP contribution in [0.1, 0.15) is 18.0 Å². The van der Waals surface area contributed by atoms with E-state index < -0.39 is 12.2 Å². The zero-order chi connectivity index (χ0) is 13.8. The zero-order valence-corrected chi connectivity index (χ0v) is 12.7. The monoisotopic (exact) mass is 328 g/mol. The lowest BCUT2D eigenvalue weighted by Gasteiger charge is -2.22. The van der Waals surface area contributed by atoms with Gasteiger partial charge in [-0.05, 0) is 25.1 Å². The first-order valence-electron chi connectivity index (χ1n) is 6.62. The lowest BCUT2D eigenvalue weighted by Crippen LogP contribution is -2.27. The Kier molecular flexibility index (Phi) is 5.36. The molecule has 0 bridgehead atoms. The maximum Gasteiger partial charge on any atom is 0.0938 e. The molecule has 0 spiro atoms. The number of nitrogens with one attached hydrogen (secondary N) is 1. The molecule has 0 amide bonds. The Bertz CT molecular complexity index is 406. The van der Waals surface area contributed by atoms with Crippen LogP contribution in [0.3, 0.4) is 0 Å². The van der Waals surface area contributed by atoms with Gasteiger partial charge in [0, 0.05) is 30.1 Å². The first kappa shape index (κ1) is 14.9. The second-order valence-electron chi connectivity index (χ2n) is 5.05. The number of hydrogen-bond acceptors (Lipinski definition) is 4. The predicted octanol–water partition coefficient (Wildman–Crippen LogP) is 1.14. The highest BCUT2D eigenvalue weighted by Gasteiger charge is 2.29. The molecule has 1 aliphatic rings. The van der Waals surface area contributed by atoms with Gasteiger partial charge in [0.05, 0.1) is 12.2 Å². The Morgan fingerprint density at radius 1 is 1.32 bits per heavy atom. The highest BCUT2D eigenvalue weighted by atomic mass is 79.9. The summed E-state index contributed by atoms with van der Waals surface area (Å²) in [4.78, 5) is 2.11. The minimum absolute atomic E-state index is 0.269. The summed E-state index contributed by atoms with van der Waals surface area (Å²) >= 11 is 3.58. The van der Waals surface area contributed by atoms with E-state index in [-0.39, 0.29) is 6.04 Å². The van der Waals surface area contributed by atoms with Crippen molar-refractivity contribution in [3.8, 4) is 0 Å². The Morgan fingerprint density at radius 3 is 2.53 bits per heavy atom. The summed E-state index contributed by atoms with van der Waals surface area (Å²) in [5.74, 6) is 0. The maximum absolute atomic E-state index is 9.54. The summed E-state index contributed by atoms with van der Waals surface area (Å²) in [6.45, 7) is 1.99. The van der Waals surface area contributed by atoms with Crippen LogP contribution in [0, 0.1) is 0 Å². The average Bonchev–Trinajstić information content (AvgIpc) is 2.71. The smallest absolute Gasteiger partial charge is 0.0938 e. The van der Waals surface area contributed by atoms with Crippen LogP contribution in [0.2, 0.25) is 0 Å². The molecule has 5 heteroatoms. The standard InChI is InChI=1S/C14H21BrN2O2/c1-16-12(10-4-2-3-5-11(10)15)6-7-17-8-13(18)14(19)9-17/h2-5,12-14,16,18-19H,6-9H2,1H3. The molecule has 4 nitrogen and oxygen atoms in total. The average molecular weight is 329 g/mol. The Hall–Kier alpha value is -0.460. The van der Waals surface area contributed by atoms with Crippen LogP contribution >= 0.6 is 15.9 Å². The molecule has 0 radical (unpaired) electrons. The lowest BCUT2D eigenvalue weighted by molar-refractivity contribution is 0.0572. The van der Waals surface area contributed by atoms with Crippen molar-refractivity contribution in [3.05, 3.63) is 34.3 Å². The summed E-state index contributed by atoms with van der Waals surface area (Å²) in [7, 11) is 1.96. The second-order valence-corrected chi connectivity index (χ2v) is 5.90. The Labute approximate surface area is 122 Å². The van der Waals surface area contributed by atoms with Gasteiger partial charge in [0.15, 0.2) is 0 Å². The Morgan fingerprint density at radius 2 is 1.95 bits per heavy atom. The fourth-order valence-electron chi connectivity index (χ4n) is 2.55. The largest absolute Gasteiger partial charge is 0.389 e. The minimum Gasteiger partial charge on any atom is -0.389 e. The van der Waals surface area contributed by atoms with Crippen LogP contribution in [0.25, 0.3) is 0 Å². The highest BCUT2D eigenvalue weighted by molar-refractivity contribution is 9.10. The van der Waals surface area contributed by atoms with Crippen molar-refractivity contribution < 1.29 is 10.2 Å². The van der Waals surface area contributed by atoms with Crippen molar-refractivity contribution in [2.45, 2.75) is 24.7 Å². The normalized spacial score (nSPS) is 25.7. The molecule has 3 N–H and O–H groups in total. The lowest BCUT2D eigenvalue weighted by atomic mass is 10.0. The van der Waals surface area contributed by atoms with E-state index in [2.05, 4.69) is 32.2 Å². The Balaban J connectivity index is 1.92. The van der Waals surface area contributed by atoms with Gasteiger partial charge < -0.3 is 15.5 Å². The second kappa shape index (κ2) is 6.81. The number of rotatable bonds is 5. The van der Waals surface area contributed by atoms with Gasteiger partial charge in [-0.3, -0.25) is 4.90 Å². The molecule has 19 heavy (non-hydrogen) atoms. The van der Waals surface area contributed by atoms with E-state index in [1.54, 1.807) is 0 Å². The molecule has 1 fully saturated rings. The molecule has 3 unspecified atom stereocenters. The molecule has 0 aromatic heterocycles. The van der Waals surface area contributed by atoms with Crippen LogP contribution in [0.5, 0.6) is 0 Å². The molecular formula is C14H21BrN2O2. The zero-order valence-electron chi connectivity index (χ0n) is 11.1. The first-order chi connectivity index (χ1) is 9.11. The van der Waals surface area contributed by atoms with Crippen molar-refractivity contribution in [2.75, 3.05) is 26.7 Å². The van der Waals surface area contributed by atoms with Crippen molar-refractivity contribution in [1.29, 1.82) is 0 Å². The number of nitrogens with zero attached hydrogens (tertiary/aromatic N) is 1. The third-order valence-corrected chi connectivity index (χ3v) is 4.42. The number of halogens is 1. The van der Waals surface area contributed by atoms with Gasteiger partial charge in [-0.1, -0.05) is 34.1 Å². The van der Waals surface area contributed by atoms with E-state index >= 15 is 0 Å². The van der Waals surface area contributed by atoms with Crippen molar-refractivity contribution in [1.82, 2.24) is 10.2 Å². The first-order valence-corrected chi connectivity index (χ1v) is 7.41. The van der Waals surface area contributed by atoms with Crippen LogP contribution < -0.4 is 5.32 Å². The fraction of sp³-hybridized carbons (Fsp3) is 0.571. The van der Waals surface area contributed by atoms with Gasteiger partial charge in [-0.25, -0.2) is 0 Å². The molecule has 1 saturated heterocycles. The third-order valence-electron chi connectivity index (χ3n) is 3.70. The minimum atomic E-state index is -0.600. The van der Waals surface area contributed by atoms with Crippen LogP contribution in [-0.4, -0.2) is 54.0 Å². The molecule has 1 heterocycles. The van der Waals surface area contributed by atoms with Crippen molar-refractivity contribution in [3.63, 3.8) is 0 Å². The summed E-state index contributed by atoms with van der Waals surface area (Å²) in [6.07, 6.45) is -0.258. The quantitative estimate of drug-likeness (QED) is 0.758. The van der Waals surface area contributed by atoms with Crippen molar-refractivity contribution in [2.24, 2.45) is 0 Å². The number of benzene rings is 1. The molecule has 0 aliphatic carbocycles. The molecular weight excluding hydrogens is 308 g/mol. The number of likely N-dealkylation sites (tertiary alicyclic amines) is 1. The van der Waals surface area contributed by atoms with Gasteiger partial charge in [-0.2, -0.15) is 0 Å². The number of aliphatic hydroxyl groups excluding tert-OH is 2. The molecule has 0 saturated carbocycles. The van der Waals surface area contributed by atoms with E-state index in [4.69, 9.17) is 0 Å². The molecule has 106 valence electrons. The van der Waals surface area contributed by atoms with E-state index in [1.165, 1.54) is 5.56 Å². The van der Waals surface area contributed by atoms with Crippen LogP contribution in [-0.2, 0) is 0 Å². The maximum atomic E-state index is 9.54. The van der Waals surface area contributed by atoms with Gasteiger partial charge in [0.1, 0.15) is 0 Å². The summed E-state index contributed by atoms with van der Waals surface area (Å²) in [5.41, 5.74) is 1.24.